The van der Waals surface area contributed by atoms with Crippen molar-refractivity contribution < 1.29 is 9.53 Å². The summed E-state index contributed by atoms with van der Waals surface area (Å²) in [6, 6.07) is 8.34. The van der Waals surface area contributed by atoms with Crippen molar-refractivity contribution in [1.29, 1.82) is 5.26 Å². The van der Waals surface area contributed by atoms with Gasteiger partial charge in [-0.3, -0.25) is 9.48 Å². The number of amides is 1. The number of ether oxygens (including phenoxy) is 1. The summed E-state index contributed by atoms with van der Waals surface area (Å²) >= 11 is 0. The summed E-state index contributed by atoms with van der Waals surface area (Å²) < 4.78 is 8.96. The van der Waals surface area contributed by atoms with Crippen LogP contribution in [0.15, 0.2) is 73.1 Å². The Bertz CT molecular complexity index is 1700. The highest BCUT2D eigenvalue weighted by Gasteiger charge is 2.26. The van der Waals surface area contributed by atoms with E-state index < -0.39 is 0 Å². The summed E-state index contributed by atoms with van der Waals surface area (Å²) in [5.41, 5.74) is 6.52. The maximum atomic E-state index is 13.4. The molecule has 2 aliphatic rings. The second-order valence-corrected chi connectivity index (χ2v) is 10.5. The molecule has 11 heteroatoms. The van der Waals surface area contributed by atoms with Gasteiger partial charge in [-0.25, -0.2) is 9.50 Å². The molecule has 0 aliphatic carbocycles. The molecule has 0 radical (unpaired) electrons. The molecule has 6 heterocycles. The fourth-order valence-corrected chi connectivity index (χ4v) is 5.65. The predicted octanol–water partition coefficient (Wildman–Crippen LogP) is 3.11. The molecule has 2 saturated heterocycles. The van der Waals surface area contributed by atoms with Gasteiger partial charge in [0.2, 0.25) is 0 Å². The number of fused-ring (bicyclic) bond motifs is 1. The van der Waals surface area contributed by atoms with Gasteiger partial charge < -0.3 is 19.4 Å². The van der Waals surface area contributed by atoms with E-state index in [0.29, 0.717) is 50.5 Å². The van der Waals surface area contributed by atoms with E-state index in [1.165, 1.54) is 0 Å². The van der Waals surface area contributed by atoms with Crippen LogP contribution in [0.3, 0.4) is 0 Å². The van der Waals surface area contributed by atoms with Crippen molar-refractivity contribution in [3.05, 3.63) is 78.7 Å². The SMILES string of the molecule is C=C/C(C(=O)N1CCN(c2ccc(-c3cc(-c4cnn(C)c4)cn4ncc(C#N)c34)cn2)CC1)=C(\C)N1CCOCC1. The smallest absolute Gasteiger partial charge is 0.255 e. The molecule has 4 aromatic rings. The van der Waals surface area contributed by atoms with Crippen molar-refractivity contribution in [3.8, 4) is 28.3 Å². The minimum atomic E-state index is 0.0172. The number of nitrogens with zero attached hydrogens (tertiary/aromatic N) is 9. The van der Waals surface area contributed by atoms with E-state index in [1.807, 2.05) is 55.8 Å². The third-order valence-corrected chi connectivity index (χ3v) is 8.03. The average Bonchev–Trinajstić information content (AvgIpc) is 3.67. The summed E-state index contributed by atoms with van der Waals surface area (Å²) in [7, 11) is 1.88. The Morgan fingerprint density at radius 3 is 2.40 bits per heavy atom. The Morgan fingerprint density at radius 2 is 1.76 bits per heavy atom. The van der Waals surface area contributed by atoms with Crippen LogP contribution < -0.4 is 4.90 Å². The highest BCUT2D eigenvalue weighted by atomic mass is 16.5. The monoisotopic (exact) mass is 563 g/mol. The van der Waals surface area contributed by atoms with Crippen LogP contribution >= 0.6 is 0 Å². The lowest BCUT2D eigenvalue weighted by atomic mass is 10.0. The maximum absolute atomic E-state index is 13.4. The molecule has 0 spiro atoms. The molecule has 11 nitrogen and oxygen atoms in total. The van der Waals surface area contributed by atoms with Crippen LogP contribution in [-0.4, -0.2) is 92.6 Å². The first kappa shape index (κ1) is 27.2. The van der Waals surface area contributed by atoms with E-state index in [1.54, 1.807) is 21.5 Å². The fourth-order valence-electron chi connectivity index (χ4n) is 5.65. The van der Waals surface area contributed by atoms with Gasteiger partial charge in [-0.2, -0.15) is 15.5 Å². The quantitative estimate of drug-likeness (QED) is 0.260. The number of rotatable bonds is 6. The highest BCUT2D eigenvalue weighted by molar-refractivity contribution is 5.97. The molecule has 6 rings (SSSR count). The van der Waals surface area contributed by atoms with E-state index >= 15 is 0 Å². The number of pyridine rings is 2. The summed E-state index contributed by atoms with van der Waals surface area (Å²) in [6.45, 7) is 11.4. The van der Waals surface area contributed by atoms with Crippen molar-refractivity contribution in [1.82, 2.24) is 34.2 Å². The van der Waals surface area contributed by atoms with Crippen LogP contribution in [0.2, 0.25) is 0 Å². The Kier molecular flexibility index (Phi) is 7.46. The summed E-state index contributed by atoms with van der Waals surface area (Å²) in [4.78, 5) is 24.5. The van der Waals surface area contributed by atoms with Gasteiger partial charge in [0.1, 0.15) is 11.9 Å². The van der Waals surface area contributed by atoms with Crippen molar-refractivity contribution in [2.24, 2.45) is 7.05 Å². The lowest BCUT2D eigenvalue weighted by Crippen LogP contribution is -2.49. The topological polar surface area (TPSA) is 108 Å². The van der Waals surface area contributed by atoms with E-state index in [4.69, 9.17) is 9.72 Å². The molecule has 42 heavy (non-hydrogen) atoms. The van der Waals surface area contributed by atoms with Gasteiger partial charge in [-0.05, 0) is 25.1 Å². The van der Waals surface area contributed by atoms with E-state index in [0.717, 1.165) is 52.4 Å². The van der Waals surface area contributed by atoms with E-state index in [9.17, 15) is 10.1 Å². The van der Waals surface area contributed by atoms with Crippen LogP contribution in [0, 0.1) is 11.3 Å². The largest absolute Gasteiger partial charge is 0.378 e. The molecule has 2 fully saturated rings. The van der Waals surface area contributed by atoms with Gasteiger partial charge in [0, 0.05) is 92.9 Å². The number of hydrogen-bond donors (Lipinski definition) is 0. The number of carbonyl (C=O) groups excluding carboxylic acids is 1. The predicted molar refractivity (Wildman–Crippen MR) is 159 cm³/mol. The normalized spacial score (nSPS) is 16.4. The Hall–Kier alpha value is -4.95. The molecule has 4 aromatic heterocycles. The maximum Gasteiger partial charge on any atom is 0.255 e. The highest BCUT2D eigenvalue weighted by Crippen LogP contribution is 2.32. The molecular formula is C31H33N9O2. The zero-order chi connectivity index (χ0) is 29.2. The number of anilines is 1. The fraction of sp³-hybridized carbons (Fsp3) is 0.323. The first-order valence-electron chi connectivity index (χ1n) is 14.0. The number of hydrogen-bond acceptors (Lipinski definition) is 8. The molecule has 2 aliphatic heterocycles. The second-order valence-electron chi connectivity index (χ2n) is 10.5. The van der Waals surface area contributed by atoms with Crippen molar-refractivity contribution in [3.63, 3.8) is 0 Å². The van der Waals surface area contributed by atoms with Crippen LogP contribution in [0.1, 0.15) is 12.5 Å². The Morgan fingerprint density at radius 1 is 0.976 bits per heavy atom. The van der Waals surface area contributed by atoms with Gasteiger partial charge in [-0.15, -0.1) is 0 Å². The lowest BCUT2D eigenvalue weighted by molar-refractivity contribution is -0.127. The van der Waals surface area contributed by atoms with Crippen LogP contribution in [-0.2, 0) is 16.6 Å². The molecule has 214 valence electrons. The Labute approximate surface area is 244 Å². The number of aromatic nitrogens is 5. The standard InChI is InChI=1S/C31H33N9O2/c1-4-27(22(2)37-11-13-42-14-12-37)31(41)39-9-7-38(8-10-39)29-6-5-23(17-33-29)28-15-24(26-19-34-36(3)20-26)21-40-30(28)25(16-32)18-35-40/h4-6,15,17-21H,1,7-14H2,2-3H3/b27-22-. The number of allylic oxidation sites excluding steroid dienone is 1. The van der Waals surface area contributed by atoms with Gasteiger partial charge >= 0.3 is 0 Å². The zero-order valence-corrected chi connectivity index (χ0v) is 23.9. The van der Waals surface area contributed by atoms with E-state index in [-0.39, 0.29) is 5.91 Å². The van der Waals surface area contributed by atoms with E-state index in [2.05, 4.69) is 38.7 Å². The molecule has 0 unspecified atom stereocenters. The summed E-state index contributed by atoms with van der Waals surface area (Å²) in [6.07, 6.45) is 10.8. The first-order valence-corrected chi connectivity index (χ1v) is 14.0. The number of piperazine rings is 1. The van der Waals surface area contributed by atoms with Crippen LogP contribution in [0.4, 0.5) is 5.82 Å². The molecular weight excluding hydrogens is 530 g/mol. The molecule has 0 aromatic carbocycles. The molecule has 0 atom stereocenters. The van der Waals surface area contributed by atoms with Gasteiger partial charge in [0.15, 0.2) is 0 Å². The first-order chi connectivity index (χ1) is 20.5. The van der Waals surface area contributed by atoms with Crippen molar-refractivity contribution in [2.75, 3.05) is 57.4 Å². The van der Waals surface area contributed by atoms with Crippen LogP contribution in [0.25, 0.3) is 27.8 Å². The average molecular weight is 564 g/mol. The summed E-state index contributed by atoms with van der Waals surface area (Å²) in [5.74, 6) is 0.867. The molecule has 0 saturated carbocycles. The number of carbonyl (C=O) groups is 1. The van der Waals surface area contributed by atoms with Crippen molar-refractivity contribution >= 4 is 17.2 Å². The third-order valence-electron chi connectivity index (χ3n) is 8.03. The third kappa shape index (κ3) is 5.12. The second kappa shape index (κ2) is 11.5. The van der Waals surface area contributed by atoms with Gasteiger partial charge in [-0.1, -0.05) is 12.7 Å². The van der Waals surface area contributed by atoms with Gasteiger partial charge in [0.05, 0.1) is 42.3 Å². The molecule has 1 amide bonds. The molecule has 0 bridgehead atoms. The number of nitriles is 1. The number of morpholine rings is 1. The summed E-state index contributed by atoms with van der Waals surface area (Å²) in [5, 5.41) is 18.4. The number of aryl methyl sites for hydroxylation is 1. The minimum Gasteiger partial charge on any atom is -0.378 e. The van der Waals surface area contributed by atoms with Crippen LogP contribution in [0.5, 0.6) is 0 Å². The molecule has 0 N–H and O–H groups in total. The van der Waals surface area contributed by atoms with Crippen molar-refractivity contribution in [2.45, 2.75) is 6.92 Å². The minimum absolute atomic E-state index is 0.0172. The Balaban J connectivity index is 1.20. The lowest BCUT2D eigenvalue weighted by Gasteiger charge is -2.36. The van der Waals surface area contributed by atoms with Gasteiger partial charge in [0.25, 0.3) is 5.91 Å². The zero-order valence-electron chi connectivity index (χ0n) is 23.9.